The second-order valence-electron chi connectivity index (χ2n) is 5.30. The number of dihydropyridines is 1. The predicted octanol–water partition coefficient (Wildman–Crippen LogP) is 0.992. The average Bonchev–Trinajstić information content (AvgIpc) is 2.68. The Bertz CT molecular complexity index is 567. The van der Waals surface area contributed by atoms with Gasteiger partial charge in [0, 0.05) is 0 Å². The van der Waals surface area contributed by atoms with Gasteiger partial charge in [-0.05, 0) is 31.2 Å². The molecule has 2 atom stereocenters. The second-order valence-corrected chi connectivity index (χ2v) is 5.86. The van der Waals surface area contributed by atoms with Crippen LogP contribution in [0.2, 0.25) is 0 Å². The van der Waals surface area contributed by atoms with Crippen LogP contribution in [0.5, 0.6) is 0 Å². The van der Waals surface area contributed by atoms with Crippen molar-refractivity contribution in [3.63, 3.8) is 0 Å². The third kappa shape index (κ3) is 2.00. The fraction of sp³-hybridized carbons (Fsp3) is 0.462. The number of aliphatic carboxylic acids is 1. The van der Waals surface area contributed by atoms with Crippen LogP contribution in [0.4, 0.5) is 0 Å². The summed E-state index contributed by atoms with van der Waals surface area (Å²) >= 11 is 6.38. The third-order valence-electron chi connectivity index (χ3n) is 3.76. The zero-order chi connectivity index (χ0) is 15.1. The SMILES string of the molecule is CC(C)C1(C)NC(C2(Cl)NC=CC=C2C(=O)O)=NC1=O. The van der Waals surface area contributed by atoms with Gasteiger partial charge in [-0.3, -0.25) is 4.79 Å². The molecule has 0 aromatic rings. The highest BCUT2D eigenvalue weighted by molar-refractivity contribution is 6.42. The lowest BCUT2D eigenvalue weighted by molar-refractivity contribution is -0.133. The van der Waals surface area contributed by atoms with Crippen molar-refractivity contribution in [3.05, 3.63) is 23.9 Å². The number of carbonyl (C=O) groups is 2. The molecule has 2 aliphatic rings. The van der Waals surface area contributed by atoms with Gasteiger partial charge in [0.05, 0.1) is 5.57 Å². The summed E-state index contributed by atoms with van der Waals surface area (Å²) in [6.07, 6.45) is 4.42. The largest absolute Gasteiger partial charge is 0.478 e. The minimum absolute atomic E-state index is 0.0205. The molecule has 0 aromatic heterocycles. The summed E-state index contributed by atoms with van der Waals surface area (Å²) in [5.74, 6) is -1.44. The Kier molecular flexibility index (Phi) is 3.37. The summed E-state index contributed by atoms with van der Waals surface area (Å²) < 4.78 is 0. The lowest BCUT2D eigenvalue weighted by atomic mass is 9.88. The molecule has 7 heteroatoms. The number of allylic oxidation sites excluding steroid dienone is 2. The van der Waals surface area contributed by atoms with E-state index >= 15 is 0 Å². The number of amidine groups is 1. The third-order valence-corrected chi connectivity index (χ3v) is 4.25. The number of carboxylic acid groups (broad SMARTS) is 1. The van der Waals surface area contributed by atoms with E-state index in [1.54, 1.807) is 6.92 Å². The molecule has 0 aromatic carbocycles. The van der Waals surface area contributed by atoms with Crippen LogP contribution in [0, 0.1) is 5.92 Å². The average molecular weight is 298 g/mol. The molecule has 1 amide bonds. The first-order valence-corrected chi connectivity index (χ1v) is 6.58. The molecule has 3 N–H and O–H groups in total. The van der Waals surface area contributed by atoms with Crippen molar-refractivity contribution in [1.29, 1.82) is 0 Å². The Morgan fingerprint density at radius 3 is 2.65 bits per heavy atom. The van der Waals surface area contributed by atoms with Crippen LogP contribution in [-0.2, 0) is 9.59 Å². The molecule has 108 valence electrons. The Morgan fingerprint density at radius 2 is 2.15 bits per heavy atom. The number of rotatable bonds is 3. The molecule has 2 heterocycles. The summed E-state index contributed by atoms with van der Waals surface area (Å²) in [5, 5.41) is 15.0. The molecular weight excluding hydrogens is 282 g/mol. The van der Waals surface area contributed by atoms with E-state index in [9.17, 15) is 14.7 Å². The molecule has 0 saturated heterocycles. The Labute approximate surface area is 121 Å². The number of nitrogens with zero attached hydrogens (tertiary/aromatic N) is 1. The molecule has 0 radical (unpaired) electrons. The lowest BCUT2D eigenvalue weighted by Gasteiger charge is -2.33. The van der Waals surface area contributed by atoms with Crippen LogP contribution in [-0.4, -0.2) is 33.4 Å². The van der Waals surface area contributed by atoms with E-state index in [4.69, 9.17) is 11.6 Å². The summed E-state index contributed by atoms with van der Waals surface area (Å²) in [6.45, 7) is 5.48. The molecule has 2 unspecified atom stereocenters. The van der Waals surface area contributed by atoms with Crippen LogP contribution in [0.3, 0.4) is 0 Å². The van der Waals surface area contributed by atoms with E-state index in [0.717, 1.165) is 0 Å². The normalized spacial score (nSPS) is 32.5. The van der Waals surface area contributed by atoms with Crippen LogP contribution in [0.1, 0.15) is 20.8 Å². The Balaban J connectivity index is 2.40. The first kappa shape index (κ1) is 14.6. The number of carbonyl (C=O) groups excluding carboxylic acids is 1. The van der Waals surface area contributed by atoms with E-state index in [-0.39, 0.29) is 23.2 Å². The van der Waals surface area contributed by atoms with Crippen molar-refractivity contribution >= 4 is 29.3 Å². The second kappa shape index (κ2) is 4.63. The monoisotopic (exact) mass is 297 g/mol. The van der Waals surface area contributed by atoms with E-state index in [1.165, 1.54) is 18.4 Å². The molecule has 0 saturated carbocycles. The van der Waals surface area contributed by atoms with Gasteiger partial charge >= 0.3 is 5.97 Å². The smallest absolute Gasteiger partial charge is 0.335 e. The summed E-state index contributed by atoms with van der Waals surface area (Å²) in [6, 6.07) is 0. The fourth-order valence-electron chi connectivity index (χ4n) is 2.01. The van der Waals surface area contributed by atoms with Crippen molar-refractivity contribution in [2.75, 3.05) is 0 Å². The first-order valence-electron chi connectivity index (χ1n) is 6.21. The number of hydrogen-bond donors (Lipinski definition) is 3. The molecule has 0 spiro atoms. The number of halogens is 1. The van der Waals surface area contributed by atoms with Crippen molar-refractivity contribution < 1.29 is 14.7 Å². The van der Waals surface area contributed by atoms with Crippen molar-refractivity contribution in [2.45, 2.75) is 31.3 Å². The van der Waals surface area contributed by atoms with Crippen LogP contribution >= 0.6 is 11.6 Å². The maximum Gasteiger partial charge on any atom is 0.335 e. The number of aliphatic imine (C=N–C) groups is 1. The summed E-state index contributed by atoms with van der Waals surface area (Å²) in [4.78, 5) is 25.8. The quantitative estimate of drug-likeness (QED) is 0.534. The lowest BCUT2D eigenvalue weighted by Crippen LogP contribution is -2.59. The van der Waals surface area contributed by atoms with E-state index < -0.39 is 16.5 Å². The molecule has 6 nitrogen and oxygen atoms in total. The van der Waals surface area contributed by atoms with Gasteiger partial charge in [0.2, 0.25) is 5.00 Å². The van der Waals surface area contributed by atoms with Crippen molar-refractivity contribution in [1.82, 2.24) is 10.6 Å². The van der Waals surface area contributed by atoms with Gasteiger partial charge in [0.15, 0.2) is 5.84 Å². The first-order chi connectivity index (χ1) is 9.21. The Hall–Kier alpha value is -1.82. The maximum absolute atomic E-state index is 12.1. The standard InChI is InChI=1S/C13H16ClN3O3/c1-7(2)12(3)11(20)16-10(17-12)13(14)8(9(18)19)5-4-6-15-13/h4-7,15H,1-3H3,(H,18,19)(H,16,17,20). The van der Waals surface area contributed by atoms with Crippen LogP contribution < -0.4 is 10.6 Å². The Morgan fingerprint density at radius 1 is 1.50 bits per heavy atom. The van der Waals surface area contributed by atoms with Crippen LogP contribution in [0.25, 0.3) is 0 Å². The highest BCUT2D eigenvalue weighted by Gasteiger charge is 2.51. The minimum Gasteiger partial charge on any atom is -0.478 e. The van der Waals surface area contributed by atoms with Gasteiger partial charge in [-0.1, -0.05) is 25.4 Å². The van der Waals surface area contributed by atoms with Crippen molar-refractivity contribution in [2.24, 2.45) is 10.9 Å². The topological polar surface area (TPSA) is 90.8 Å². The number of nitrogens with one attached hydrogen (secondary N) is 2. The van der Waals surface area contributed by atoms with Gasteiger partial charge in [0.25, 0.3) is 5.91 Å². The molecule has 2 rings (SSSR count). The number of amides is 1. The molecule has 0 bridgehead atoms. The van der Waals surface area contributed by atoms with E-state index in [0.29, 0.717) is 0 Å². The van der Waals surface area contributed by atoms with Gasteiger partial charge in [-0.25, -0.2) is 4.79 Å². The molecule has 2 aliphatic heterocycles. The van der Waals surface area contributed by atoms with Crippen molar-refractivity contribution in [3.8, 4) is 0 Å². The zero-order valence-electron chi connectivity index (χ0n) is 11.4. The van der Waals surface area contributed by atoms with Gasteiger partial charge in [-0.2, -0.15) is 4.99 Å². The summed E-state index contributed by atoms with van der Waals surface area (Å²) in [7, 11) is 0. The van der Waals surface area contributed by atoms with Gasteiger partial charge < -0.3 is 15.7 Å². The minimum atomic E-state index is -1.57. The van der Waals surface area contributed by atoms with Crippen LogP contribution in [0.15, 0.2) is 28.9 Å². The number of carboxylic acids is 1. The maximum atomic E-state index is 12.1. The van der Waals surface area contributed by atoms with Gasteiger partial charge in [-0.15, -0.1) is 0 Å². The highest BCUT2D eigenvalue weighted by Crippen LogP contribution is 2.32. The van der Waals surface area contributed by atoms with E-state index in [2.05, 4.69) is 15.6 Å². The highest BCUT2D eigenvalue weighted by atomic mass is 35.5. The molecule has 0 aliphatic carbocycles. The molecule has 20 heavy (non-hydrogen) atoms. The fourth-order valence-corrected chi connectivity index (χ4v) is 2.31. The number of hydrogen-bond acceptors (Lipinski definition) is 4. The van der Waals surface area contributed by atoms with E-state index in [1.807, 2.05) is 13.8 Å². The zero-order valence-corrected chi connectivity index (χ0v) is 12.2. The predicted molar refractivity (Wildman–Crippen MR) is 75.4 cm³/mol. The molecular formula is C13H16ClN3O3. The molecule has 0 fully saturated rings. The summed E-state index contributed by atoms with van der Waals surface area (Å²) in [5.41, 5.74) is -0.974. The number of alkyl halides is 1. The van der Waals surface area contributed by atoms with Gasteiger partial charge in [0.1, 0.15) is 5.54 Å².